The molecule has 0 bridgehead atoms. The Labute approximate surface area is 166 Å². The molecule has 0 spiro atoms. The third-order valence-electron chi connectivity index (χ3n) is 5.57. The second kappa shape index (κ2) is 16.7. The lowest BCUT2D eigenvalue weighted by atomic mass is 10.0. The van der Waals surface area contributed by atoms with Crippen molar-refractivity contribution >= 4 is 0 Å². The van der Waals surface area contributed by atoms with Crippen LogP contribution in [0.4, 0.5) is 0 Å². The van der Waals surface area contributed by atoms with Crippen LogP contribution in [0.15, 0.2) is 0 Å². The van der Waals surface area contributed by atoms with Crippen molar-refractivity contribution in [3.05, 3.63) is 0 Å². The highest BCUT2D eigenvalue weighted by Gasteiger charge is 2.38. The summed E-state index contributed by atoms with van der Waals surface area (Å²) in [4.78, 5) is 0. The van der Waals surface area contributed by atoms with Gasteiger partial charge in [-0.3, -0.25) is 0 Å². The molecule has 5 heteroatoms. The average molecular weight is 389 g/mol. The van der Waals surface area contributed by atoms with Gasteiger partial charge in [0, 0.05) is 6.61 Å². The zero-order valence-electron chi connectivity index (χ0n) is 17.5. The van der Waals surface area contributed by atoms with Gasteiger partial charge >= 0.3 is 0 Å². The van der Waals surface area contributed by atoms with Crippen LogP contribution in [0.3, 0.4) is 0 Å². The summed E-state index contributed by atoms with van der Waals surface area (Å²) in [5, 5.41) is 29.1. The zero-order chi connectivity index (χ0) is 19.7. The Kier molecular flexibility index (Phi) is 15.4. The number of aliphatic hydroxyl groups excluding tert-OH is 3. The number of unbranched alkanes of at least 4 members (excludes halogenated alkanes) is 13. The molecule has 4 atom stereocenters. The Morgan fingerprint density at radius 2 is 1.26 bits per heavy atom. The van der Waals surface area contributed by atoms with Gasteiger partial charge in [-0.1, -0.05) is 90.4 Å². The zero-order valence-corrected chi connectivity index (χ0v) is 17.5. The van der Waals surface area contributed by atoms with Crippen LogP contribution in [-0.2, 0) is 9.47 Å². The molecule has 1 fully saturated rings. The first kappa shape index (κ1) is 24.8. The molecule has 0 aliphatic carbocycles. The summed E-state index contributed by atoms with van der Waals surface area (Å²) < 4.78 is 10.8. The van der Waals surface area contributed by atoms with Crippen molar-refractivity contribution < 1.29 is 24.8 Å². The summed E-state index contributed by atoms with van der Waals surface area (Å²) in [5.74, 6) is 0. The Balaban J connectivity index is 1.86. The minimum atomic E-state index is -0.967. The molecular formula is C22H44O5. The maximum Gasteiger partial charge on any atom is 0.114 e. The van der Waals surface area contributed by atoms with Crippen LogP contribution in [0.25, 0.3) is 0 Å². The minimum absolute atomic E-state index is 0.103. The second-order valence-corrected chi connectivity index (χ2v) is 8.04. The Hall–Kier alpha value is -0.200. The van der Waals surface area contributed by atoms with E-state index in [4.69, 9.17) is 14.6 Å². The smallest absolute Gasteiger partial charge is 0.114 e. The van der Waals surface area contributed by atoms with Gasteiger partial charge in [-0.15, -0.1) is 0 Å². The van der Waals surface area contributed by atoms with Gasteiger partial charge in [0.2, 0.25) is 0 Å². The molecule has 3 N–H and O–H groups in total. The van der Waals surface area contributed by atoms with Crippen LogP contribution < -0.4 is 0 Å². The van der Waals surface area contributed by atoms with Crippen LogP contribution >= 0.6 is 0 Å². The number of hydrogen-bond donors (Lipinski definition) is 3. The summed E-state index contributed by atoms with van der Waals surface area (Å²) in [5.41, 5.74) is 0. The molecular weight excluding hydrogens is 344 g/mol. The van der Waals surface area contributed by atoms with E-state index < -0.39 is 24.4 Å². The lowest BCUT2D eigenvalue weighted by Gasteiger charge is -2.37. The van der Waals surface area contributed by atoms with Crippen molar-refractivity contribution in [2.75, 3.05) is 19.8 Å². The molecule has 0 amide bonds. The fourth-order valence-electron chi connectivity index (χ4n) is 3.74. The van der Waals surface area contributed by atoms with Crippen molar-refractivity contribution in [2.24, 2.45) is 0 Å². The van der Waals surface area contributed by atoms with Crippen molar-refractivity contribution in [1.82, 2.24) is 0 Å². The van der Waals surface area contributed by atoms with E-state index in [1.165, 1.54) is 77.0 Å². The van der Waals surface area contributed by atoms with Gasteiger partial charge in [0.15, 0.2) is 0 Å². The monoisotopic (exact) mass is 388 g/mol. The molecule has 0 aromatic heterocycles. The van der Waals surface area contributed by atoms with Crippen molar-refractivity contribution in [3.8, 4) is 0 Å². The van der Waals surface area contributed by atoms with Gasteiger partial charge in [0.25, 0.3) is 0 Å². The lowest BCUT2D eigenvalue weighted by molar-refractivity contribution is -0.210. The van der Waals surface area contributed by atoms with Crippen LogP contribution in [0, 0.1) is 0 Å². The number of hydrogen-bond acceptors (Lipinski definition) is 5. The molecule has 27 heavy (non-hydrogen) atoms. The van der Waals surface area contributed by atoms with Crippen molar-refractivity contribution in [2.45, 2.75) is 121 Å². The first-order chi connectivity index (χ1) is 13.2. The molecule has 0 aromatic rings. The molecule has 1 heterocycles. The van der Waals surface area contributed by atoms with Crippen LogP contribution in [0.5, 0.6) is 0 Å². The third kappa shape index (κ3) is 11.4. The van der Waals surface area contributed by atoms with E-state index in [0.29, 0.717) is 6.61 Å². The quantitative estimate of drug-likeness (QED) is 0.329. The molecule has 1 saturated heterocycles. The van der Waals surface area contributed by atoms with Gasteiger partial charge in [0.1, 0.15) is 24.4 Å². The fourth-order valence-corrected chi connectivity index (χ4v) is 3.74. The molecule has 1 aliphatic rings. The summed E-state index contributed by atoms with van der Waals surface area (Å²) >= 11 is 0. The topological polar surface area (TPSA) is 79.2 Å². The highest BCUT2D eigenvalue weighted by molar-refractivity contribution is 4.87. The number of rotatable bonds is 17. The van der Waals surface area contributed by atoms with Gasteiger partial charge in [-0.25, -0.2) is 0 Å². The standard InChI is InChI=1S/C22H44O5/c1-2-3-4-5-6-7-8-9-10-11-12-13-14-15-16-26-22-19(24)18-27-20(17-23)21(22)25/h19-25H,2-18H2,1H3/t19-,20+,21+,22+/m0/s1. The van der Waals surface area contributed by atoms with E-state index >= 15 is 0 Å². The Bertz CT molecular complexity index is 326. The fraction of sp³-hybridized carbons (Fsp3) is 1.00. The molecule has 1 rings (SSSR count). The minimum Gasteiger partial charge on any atom is -0.394 e. The summed E-state index contributed by atoms with van der Waals surface area (Å²) in [7, 11) is 0. The third-order valence-corrected chi connectivity index (χ3v) is 5.57. The molecule has 0 unspecified atom stereocenters. The van der Waals surface area contributed by atoms with Crippen LogP contribution in [-0.4, -0.2) is 59.6 Å². The number of ether oxygens (including phenoxy) is 2. The Morgan fingerprint density at radius 3 is 1.74 bits per heavy atom. The first-order valence-electron chi connectivity index (χ1n) is 11.4. The van der Waals surface area contributed by atoms with E-state index in [2.05, 4.69) is 6.92 Å². The van der Waals surface area contributed by atoms with Gasteiger partial charge in [0.05, 0.1) is 13.2 Å². The maximum absolute atomic E-state index is 10.0. The van der Waals surface area contributed by atoms with E-state index in [9.17, 15) is 10.2 Å². The van der Waals surface area contributed by atoms with E-state index in [0.717, 1.165) is 12.8 Å². The summed E-state index contributed by atoms with van der Waals surface area (Å²) in [6, 6.07) is 0. The number of aliphatic hydroxyl groups is 3. The van der Waals surface area contributed by atoms with Gasteiger partial charge < -0.3 is 24.8 Å². The predicted molar refractivity (Wildman–Crippen MR) is 109 cm³/mol. The molecule has 0 aromatic carbocycles. The highest BCUT2D eigenvalue weighted by Crippen LogP contribution is 2.19. The molecule has 0 radical (unpaired) electrons. The van der Waals surface area contributed by atoms with E-state index in [1.807, 2.05) is 0 Å². The van der Waals surface area contributed by atoms with E-state index in [-0.39, 0.29) is 13.2 Å². The lowest BCUT2D eigenvalue weighted by Crippen LogP contribution is -2.55. The molecule has 0 saturated carbocycles. The molecule has 5 nitrogen and oxygen atoms in total. The van der Waals surface area contributed by atoms with Crippen LogP contribution in [0.1, 0.15) is 96.8 Å². The van der Waals surface area contributed by atoms with Gasteiger partial charge in [-0.2, -0.15) is 0 Å². The normalized spacial score (nSPS) is 25.8. The first-order valence-corrected chi connectivity index (χ1v) is 11.4. The summed E-state index contributed by atoms with van der Waals surface area (Å²) in [6.07, 6.45) is 15.3. The molecule has 162 valence electrons. The Morgan fingerprint density at radius 1 is 0.778 bits per heavy atom. The predicted octanol–water partition coefficient (Wildman–Crippen LogP) is 3.97. The molecule has 1 aliphatic heterocycles. The van der Waals surface area contributed by atoms with Crippen LogP contribution in [0.2, 0.25) is 0 Å². The van der Waals surface area contributed by atoms with Gasteiger partial charge in [-0.05, 0) is 6.42 Å². The maximum atomic E-state index is 10.0. The second-order valence-electron chi connectivity index (χ2n) is 8.04. The summed E-state index contributed by atoms with van der Waals surface area (Å²) in [6.45, 7) is 2.65. The van der Waals surface area contributed by atoms with Crippen molar-refractivity contribution in [3.63, 3.8) is 0 Å². The SMILES string of the molecule is CCCCCCCCCCCCCCCCO[C@H]1[C@H](O)[C@@H](CO)OC[C@@H]1O. The largest absolute Gasteiger partial charge is 0.394 e. The van der Waals surface area contributed by atoms with Crippen molar-refractivity contribution in [1.29, 1.82) is 0 Å². The highest BCUT2D eigenvalue weighted by atomic mass is 16.6. The average Bonchev–Trinajstić information content (AvgIpc) is 2.67. The van der Waals surface area contributed by atoms with E-state index in [1.54, 1.807) is 0 Å².